The van der Waals surface area contributed by atoms with Gasteiger partial charge in [0.1, 0.15) is 0 Å². The van der Waals surface area contributed by atoms with Crippen molar-refractivity contribution in [3.05, 3.63) is 30.1 Å². The van der Waals surface area contributed by atoms with Crippen molar-refractivity contribution < 1.29 is 19.1 Å². The molecular formula is C12H15NO4. The molecular weight excluding hydrogens is 222 g/mol. The van der Waals surface area contributed by atoms with E-state index in [1.807, 2.05) is 6.92 Å². The summed E-state index contributed by atoms with van der Waals surface area (Å²) < 4.78 is 9.60. The van der Waals surface area contributed by atoms with Crippen LogP contribution in [0, 0.1) is 0 Å². The van der Waals surface area contributed by atoms with Crippen molar-refractivity contribution in [1.82, 2.24) is 4.98 Å². The first-order chi connectivity index (χ1) is 8.24. The number of hydrogen-bond acceptors (Lipinski definition) is 5. The van der Waals surface area contributed by atoms with Crippen LogP contribution in [0.5, 0.6) is 0 Å². The van der Waals surface area contributed by atoms with Gasteiger partial charge >= 0.3 is 11.9 Å². The van der Waals surface area contributed by atoms with E-state index in [-0.39, 0.29) is 6.61 Å². The topological polar surface area (TPSA) is 65.5 Å². The van der Waals surface area contributed by atoms with E-state index in [1.165, 1.54) is 6.20 Å². The van der Waals surface area contributed by atoms with Gasteiger partial charge in [-0.05, 0) is 18.6 Å². The van der Waals surface area contributed by atoms with Crippen LogP contribution in [-0.4, -0.2) is 30.1 Å². The summed E-state index contributed by atoms with van der Waals surface area (Å²) in [7, 11) is 0. The van der Waals surface area contributed by atoms with E-state index in [0.717, 1.165) is 12.8 Å². The van der Waals surface area contributed by atoms with Crippen molar-refractivity contribution in [2.75, 3.05) is 13.2 Å². The summed E-state index contributed by atoms with van der Waals surface area (Å²) >= 11 is 0. The quantitative estimate of drug-likeness (QED) is 0.555. The van der Waals surface area contributed by atoms with Gasteiger partial charge in [-0.2, -0.15) is 0 Å². The number of rotatable bonds is 6. The molecule has 0 saturated heterocycles. The molecule has 0 spiro atoms. The molecule has 0 aliphatic carbocycles. The van der Waals surface area contributed by atoms with Gasteiger partial charge in [-0.15, -0.1) is 0 Å². The largest absolute Gasteiger partial charge is 0.463 e. The molecule has 1 heterocycles. The Morgan fingerprint density at radius 3 is 2.82 bits per heavy atom. The predicted octanol–water partition coefficient (Wildman–Crippen LogP) is 1.58. The lowest BCUT2D eigenvalue weighted by atomic mass is 10.3. The highest BCUT2D eigenvalue weighted by molar-refractivity contribution is 5.90. The Kier molecular flexibility index (Phi) is 5.71. The van der Waals surface area contributed by atoms with Gasteiger partial charge in [0.15, 0.2) is 6.61 Å². The minimum Gasteiger partial charge on any atom is -0.463 e. The lowest BCUT2D eigenvalue weighted by Crippen LogP contribution is -2.17. The van der Waals surface area contributed by atoms with Crippen molar-refractivity contribution in [2.24, 2.45) is 0 Å². The molecule has 0 bridgehead atoms. The molecule has 17 heavy (non-hydrogen) atoms. The molecule has 0 amide bonds. The maximum absolute atomic E-state index is 11.4. The molecule has 1 rings (SSSR count). The molecule has 0 aliphatic heterocycles. The fourth-order valence-electron chi connectivity index (χ4n) is 1.06. The van der Waals surface area contributed by atoms with Gasteiger partial charge in [0, 0.05) is 12.4 Å². The molecule has 0 N–H and O–H groups in total. The van der Waals surface area contributed by atoms with Gasteiger partial charge in [-0.25, -0.2) is 9.59 Å². The summed E-state index contributed by atoms with van der Waals surface area (Å²) in [5, 5.41) is 0. The minimum atomic E-state index is -0.578. The van der Waals surface area contributed by atoms with Crippen LogP contribution in [0.4, 0.5) is 0 Å². The van der Waals surface area contributed by atoms with Gasteiger partial charge in [-0.1, -0.05) is 13.3 Å². The molecule has 0 radical (unpaired) electrons. The van der Waals surface area contributed by atoms with Crippen LogP contribution in [0.15, 0.2) is 24.5 Å². The fourth-order valence-corrected chi connectivity index (χ4v) is 1.06. The monoisotopic (exact) mass is 237 g/mol. The number of unbranched alkanes of at least 4 members (excludes halogenated alkanes) is 1. The first kappa shape index (κ1) is 13.2. The van der Waals surface area contributed by atoms with Crippen LogP contribution in [0.25, 0.3) is 0 Å². The van der Waals surface area contributed by atoms with Gasteiger partial charge in [0.2, 0.25) is 0 Å². The predicted molar refractivity (Wildman–Crippen MR) is 60.4 cm³/mol. The lowest BCUT2D eigenvalue weighted by molar-refractivity contribution is -0.147. The summed E-state index contributed by atoms with van der Waals surface area (Å²) in [5.41, 5.74) is 0.314. The zero-order valence-electron chi connectivity index (χ0n) is 9.72. The summed E-state index contributed by atoms with van der Waals surface area (Å²) in [6.07, 6.45) is 4.69. The standard InChI is InChI=1S/C12H15NO4/c1-2-3-7-16-11(14)9-17-12(15)10-5-4-6-13-8-10/h4-6,8H,2-3,7,9H2,1H3. The van der Waals surface area contributed by atoms with E-state index in [1.54, 1.807) is 18.3 Å². The molecule has 0 fully saturated rings. The molecule has 0 atom stereocenters. The van der Waals surface area contributed by atoms with Crippen LogP contribution in [-0.2, 0) is 14.3 Å². The molecule has 0 unspecified atom stereocenters. The lowest BCUT2D eigenvalue weighted by Gasteiger charge is -2.05. The number of ether oxygens (including phenoxy) is 2. The first-order valence-electron chi connectivity index (χ1n) is 5.46. The Hall–Kier alpha value is -1.91. The van der Waals surface area contributed by atoms with E-state index in [2.05, 4.69) is 4.98 Å². The van der Waals surface area contributed by atoms with Crippen molar-refractivity contribution >= 4 is 11.9 Å². The molecule has 1 aromatic heterocycles. The van der Waals surface area contributed by atoms with Crippen LogP contribution < -0.4 is 0 Å². The highest BCUT2D eigenvalue weighted by Gasteiger charge is 2.10. The smallest absolute Gasteiger partial charge is 0.344 e. The van der Waals surface area contributed by atoms with Gasteiger partial charge in [-0.3, -0.25) is 4.98 Å². The maximum Gasteiger partial charge on any atom is 0.344 e. The molecule has 5 heteroatoms. The number of pyridine rings is 1. The zero-order chi connectivity index (χ0) is 12.5. The second-order valence-electron chi connectivity index (χ2n) is 3.39. The fraction of sp³-hybridized carbons (Fsp3) is 0.417. The van der Waals surface area contributed by atoms with Crippen LogP contribution >= 0.6 is 0 Å². The summed E-state index contributed by atoms with van der Waals surface area (Å²) in [5.74, 6) is -1.11. The Morgan fingerprint density at radius 2 is 2.18 bits per heavy atom. The minimum absolute atomic E-state index is 0.314. The average Bonchev–Trinajstić information content (AvgIpc) is 2.37. The van der Waals surface area contributed by atoms with Crippen molar-refractivity contribution in [2.45, 2.75) is 19.8 Å². The molecule has 1 aromatic rings. The van der Waals surface area contributed by atoms with Gasteiger partial charge in [0.25, 0.3) is 0 Å². The number of carbonyl (C=O) groups excluding carboxylic acids is 2. The van der Waals surface area contributed by atoms with E-state index in [9.17, 15) is 9.59 Å². The normalized spacial score (nSPS) is 9.71. The van der Waals surface area contributed by atoms with Crippen molar-refractivity contribution in [1.29, 1.82) is 0 Å². The summed E-state index contributed by atoms with van der Waals surface area (Å²) in [6.45, 7) is 1.99. The van der Waals surface area contributed by atoms with Crippen molar-refractivity contribution in [3.8, 4) is 0 Å². The second-order valence-corrected chi connectivity index (χ2v) is 3.39. The first-order valence-corrected chi connectivity index (χ1v) is 5.46. The Bertz CT molecular complexity index is 364. The third-order valence-corrected chi connectivity index (χ3v) is 1.98. The van der Waals surface area contributed by atoms with E-state index >= 15 is 0 Å². The summed E-state index contributed by atoms with van der Waals surface area (Å²) in [6, 6.07) is 3.19. The van der Waals surface area contributed by atoms with E-state index < -0.39 is 11.9 Å². The third kappa shape index (κ3) is 5.10. The molecule has 0 saturated carbocycles. The number of esters is 2. The van der Waals surface area contributed by atoms with Gasteiger partial charge in [0.05, 0.1) is 12.2 Å². The number of hydrogen-bond donors (Lipinski definition) is 0. The Balaban J connectivity index is 2.26. The highest BCUT2D eigenvalue weighted by atomic mass is 16.6. The van der Waals surface area contributed by atoms with Gasteiger partial charge < -0.3 is 9.47 Å². The van der Waals surface area contributed by atoms with Crippen LogP contribution in [0.3, 0.4) is 0 Å². The molecule has 0 aromatic carbocycles. The second kappa shape index (κ2) is 7.38. The Labute approximate surface area is 99.8 Å². The SMILES string of the molecule is CCCCOC(=O)COC(=O)c1cccnc1. The van der Waals surface area contributed by atoms with Crippen molar-refractivity contribution in [3.63, 3.8) is 0 Å². The summed E-state index contributed by atoms with van der Waals surface area (Å²) in [4.78, 5) is 26.3. The van der Waals surface area contributed by atoms with Crippen LogP contribution in [0.1, 0.15) is 30.1 Å². The third-order valence-electron chi connectivity index (χ3n) is 1.98. The number of aromatic nitrogens is 1. The van der Waals surface area contributed by atoms with E-state index in [0.29, 0.717) is 12.2 Å². The zero-order valence-corrected chi connectivity index (χ0v) is 9.72. The van der Waals surface area contributed by atoms with E-state index in [4.69, 9.17) is 9.47 Å². The molecule has 92 valence electrons. The average molecular weight is 237 g/mol. The number of carbonyl (C=O) groups is 2. The Morgan fingerprint density at radius 1 is 1.35 bits per heavy atom. The number of nitrogens with zero attached hydrogens (tertiary/aromatic N) is 1. The molecule has 5 nitrogen and oxygen atoms in total. The maximum atomic E-state index is 11.4. The van der Waals surface area contributed by atoms with Crippen LogP contribution in [0.2, 0.25) is 0 Å². The highest BCUT2D eigenvalue weighted by Crippen LogP contribution is 1.99. The molecule has 0 aliphatic rings.